The van der Waals surface area contributed by atoms with Crippen LogP contribution in [0.25, 0.3) is 11.1 Å². The topological polar surface area (TPSA) is 95.5 Å². The molecular formula is C26H26N2O4. The van der Waals surface area contributed by atoms with E-state index in [1.165, 1.54) is 0 Å². The fourth-order valence-electron chi connectivity index (χ4n) is 3.32. The summed E-state index contributed by atoms with van der Waals surface area (Å²) in [5, 5.41) is 14.5. The number of rotatable bonds is 10. The van der Waals surface area contributed by atoms with Crippen LogP contribution in [0.15, 0.2) is 84.9 Å². The Labute approximate surface area is 187 Å². The number of amides is 2. The number of nitrogens with one attached hydrogen (secondary N) is 2. The second kappa shape index (κ2) is 11.5. The van der Waals surface area contributed by atoms with Gasteiger partial charge >= 0.3 is 5.97 Å². The summed E-state index contributed by atoms with van der Waals surface area (Å²) >= 11 is 0. The van der Waals surface area contributed by atoms with Crippen LogP contribution in [0.5, 0.6) is 0 Å². The van der Waals surface area contributed by atoms with E-state index in [1.807, 2.05) is 84.9 Å². The summed E-state index contributed by atoms with van der Waals surface area (Å²) in [6.07, 6.45) is -0.0886. The summed E-state index contributed by atoms with van der Waals surface area (Å²) in [7, 11) is 0. The van der Waals surface area contributed by atoms with E-state index in [0.29, 0.717) is 6.54 Å². The number of carbonyl (C=O) groups is 3. The fraction of sp³-hybridized carbons (Fsp3) is 0.192. The van der Waals surface area contributed by atoms with Crippen molar-refractivity contribution >= 4 is 17.8 Å². The number of carboxylic acids is 1. The second-order valence-electron chi connectivity index (χ2n) is 7.50. The Morgan fingerprint density at radius 3 is 1.97 bits per heavy atom. The molecule has 0 aliphatic heterocycles. The van der Waals surface area contributed by atoms with E-state index in [9.17, 15) is 14.4 Å². The molecule has 3 rings (SSSR count). The molecule has 0 aliphatic rings. The van der Waals surface area contributed by atoms with Crippen molar-refractivity contribution < 1.29 is 19.5 Å². The average molecular weight is 431 g/mol. The van der Waals surface area contributed by atoms with E-state index >= 15 is 0 Å². The summed E-state index contributed by atoms with van der Waals surface area (Å²) in [6, 6.07) is 26.1. The lowest BCUT2D eigenvalue weighted by molar-refractivity contribution is -0.138. The summed E-state index contributed by atoms with van der Waals surface area (Å²) in [5.41, 5.74) is 3.87. The molecule has 3 aromatic rings. The maximum absolute atomic E-state index is 12.6. The predicted molar refractivity (Wildman–Crippen MR) is 123 cm³/mol. The van der Waals surface area contributed by atoms with Gasteiger partial charge in [0.15, 0.2) is 0 Å². The first kappa shape index (κ1) is 22.7. The molecule has 0 heterocycles. The fourth-order valence-corrected chi connectivity index (χ4v) is 3.32. The largest absolute Gasteiger partial charge is 0.481 e. The number of hydrogen-bond acceptors (Lipinski definition) is 3. The molecule has 6 heteroatoms. The standard InChI is InChI=1S/C26H26N2O4/c29-24(17-19-11-13-22(14-12-19)21-9-5-2-6-10-21)28-23(15-16-25(30)31)26(32)27-18-20-7-3-1-4-8-20/h1-14,23H,15-18H2,(H,27,32)(H,28,29)(H,30,31)/t23-/m0/s1. The summed E-state index contributed by atoms with van der Waals surface area (Å²) in [6.45, 7) is 0.306. The van der Waals surface area contributed by atoms with E-state index in [2.05, 4.69) is 10.6 Å². The van der Waals surface area contributed by atoms with Crippen molar-refractivity contribution in [3.63, 3.8) is 0 Å². The highest BCUT2D eigenvalue weighted by atomic mass is 16.4. The highest BCUT2D eigenvalue weighted by Crippen LogP contribution is 2.19. The third-order valence-corrected chi connectivity index (χ3v) is 5.03. The number of carbonyl (C=O) groups excluding carboxylic acids is 2. The van der Waals surface area contributed by atoms with Gasteiger partial charge < -0.3 is 15.7 Å². The predicted octanol–water partition coefficient (Wildman–Crippen LogP) is 3.56. The summed E-state index contributed by atoms with van der Waals surface area (Å²) in [4.78, 5) is 36.1. The number of aliphatic carboxylic acids is 1. The highest BCUT2D eigenvalue weighted by molar-refractivity contribution is 5.88. The van der Waals surface area contributed by atoms with Gasteiger partial charge in [0, 0.05) is 13.0 Å². The van der Waals surface area contributed by atoms with Crippen molar-refractivity contribution in [2.24, 2.45) is 0 Å². The first-order chi connectivity index (χ1) is 15.5. The van der Waals surface area contributed by atoms with E-state index in [-0.39, 0.29) is 25.2 Å². The molecule has 0 aliphatic carbocycles. The second-order valence-corrected chi connectivity index (χ2v) is 7.50. The molecule has 3 aromatic carbocycles. The normalized spacial score (nSPS) is 11.4. The van der Waals surface area contributed by atoms with Gasteiger partial charge in [0.2, 0.25) is 11.8 Å². The molecule has 0 fully saturated rings. The van der Waals surface area contributed by atoms with Crippen LogP contribution in [0.2, 0.25) is 0 Å². The van der Waals surface area contributed by atoms with Crippen molar-refractivity contribution in [3.05, 3.63) is 96.1 Å². The monoisotopic (exact) mass is 430 g/mol. The van der Waals surface area contributed by atoms with Crippen molar-refractivity contribution in [2.75, 3.05) is 0 Å². The Kier molecular flexibility index (Phi) is 8.15. The van der Waals surface area contributed by atoms with Crippen LogP contribution in [0.4, 0.5) is 0 Å². The van der Waals surface area contributed by atoms with Crippen molar-refractivity contribution in [1.82, 2.24) is 10.6 Å². The molecular weight excluding hydrogens is 404 g/mol. The first-order valence-corrected chi connectivity index (χ1v) is 10.5. The van der Waals surface area contributed by atoms with Crippen LogP contribution < -0.4 is 10.6 Å². The van der Waals surface area contributed by atoms with Gasteiger partial charge in [-0.1, -0.05) is 84.9 Å². The number of carboxylic acid groups (broad SMARTS) is 1. The molecule has 0 spiro atoms. The van der Waals surface area contributed by atoms with Crippen LogP contribution in [-0.4, -0.2) is 28.9 Å². The number of benzene rings is 3. The van der Waals surface area contributed by atoms with Gasteiger partial charge in [-0.3, -0.25) is 14.4 Å². The van der Waals surface area contributed by atoms with Crippen molar-refractivity contribution in [2.45, 2.75) is 31.8 Å². The van der Waals surface area contributed by atoms with Crippen LogP contribution in [0.3, 0.4) is 0 Å². The van der Waals surface area contributed by atoms with Gasteiger partial charge in [-0.15, -0.1) is 0 Å². The lowest BCUT2D eigenvalue weighted by Crippen LogP contribution is -2.47. The van der Waals surface area contributed by atoms with Gasteiger partial charge in [0.05, 0.1) is 6.42 Å². The molecule has 32 heavy (non-hydrogen) atoms. The summed E-state index contributed by atoms with van der Waals surface area (Å²) < 4.78 is 0. The Morgan fingerprint density at radius 2 is 1.34 bits per heavy atom. The molecule has 0 saturated carbocycles. The molecule has 0 unspecified atom stereocenters. The van der Waals surface area contributed by atoms with Gasteiger partial charge in [-0.2, -0.15) is 0 Å². The van der Waals surface area contributed by atoms with Crippen LogP contribution in [0, 0.1) is 0 Å². The first-order valence-electron chi connectivity index (χ1n) is 10.5. The molecule has 0 bridgehead atoms. The smallest absolute Gasteiger partial charge is 0.303 e. The molecule has 0 saturated heterocycles. The molecule has 3 N–H and O–H groups in total. The van der Waals surface area contributed by atoms with E-state index in [0.717, 1.165) is 22.3 Å². The summed E-state index contributed by atoms with van der Waals surface area (Å²) in [5.74, 6) is -1.75. The average Bonchev–Trinajstić information content (AvgIpc) is 2.82. The third kappa shape index (κ3) is 7.09. The van der Waals surface area contributed by atoms with Crippen LogP contribution in [0.1, 0.15) is 24.0 Å². The molecule has 2 amide bonds. The van der Waals surface area contributed by atoms with Gasteiger partial charge in [0.1, 0.15) is 6.04 Å². The maximum Gasteiger partial charge on any atom is 0.303 e. The SMILES string of the molecule is O=C(O)CC[C@H](NC(=O)Cc1ccc(-c2ccccc2)cc1)C(=O)NCc1ccccc1. The third-order valence-electron chi connectivity index (χ3n) is 5.03. The minimum absolute atomic E-state index is 0.0225. The Balaban J connectivity index is 1.58. The minimum atomic E-state index is -1.02. The lowest BCUT2D eigenvalue weighted by Gasteiger charge is -2.18. The Morgan fingerprint density at radius 1 is 0.750 bits per heavy atom. The van der Waals surface area contributed by atoms with Crippen molar-refractivity contribution in [1.29, 1.82) is 0 Å². The lowest BCUT2D eigenvalue weighted by atomic mass is 10.0. The Bertz CT molecular complexity index is 1030. The molecule has 6 nitrogen and oxygen atoms in total. The Hall–Kier alpha value is -3.93. The van der Waals surface area contributed by atoms with E-state index < -0.39 is 17.9 Å². The van der Waals surface area contributed by atoms with Gasteiger partial charge in [-0.25, -0.2) is 0 Å². The number of hydrogen-bond donors (Lipinski definition) is 3. The van der Waals surface area contributed by atoms with Crippen molar-refractivity contribution in [3.8, 4) is 11.1 Å². The minimum Gasteiger partial charge on any atom is -0.481 e. The zero-order valence-corrected chi connectivity index (χ0v) is 17.7. The maximum atomic E-state index is 12.6. The van der Waals surface area contributed by atoms with E-state index in [4.69, 9.17) is 5.11 Å². The molecule has 164 valence electrons. The van der Waals surface area contributed by atoms with Crippen LogP contribution >= 0.6 is 0 Å². The zero-order chi connectivity index (χ0) is 22.8. The van der Waals surface area contributed by atoms with Gasteiger partial charge in [-0.05, 0) is 28.7 Å². The van der Waals surface area contributed by atoms with Crippen LogP contribution in [-0.2, 0) is 27.3 Å². The quantitative estimate of drug-likeness (QED) is 0.458. The zero-order valence-electron chi connectivity index (χ0n) is 17.7. The van der Waals surface area contributed by atoms with Gasteiger partial charge in [0.25, 0.3) is 0 Å². The molecule has 1 atom stereocenters. The molecule has 0 aromatic heterocycles. The highest BCUT2D eigenvalue weighted by Gasteiger charge is 2.21. The molecule has 0 radical (unpaired) electrons. The van der Waals surface area contributed by atoms with E-state index in [1.54, 1.807) is 0 Å².